The molecule has 9 heteroatoms. The van der Waals surface area contributed by atoms with Gasteiger partial charge >= 0.3 is 0 Å². The number of benzene rings is 1. The summed E-state index contributed by atoms with van der Waals surface area (Å²) in [5.74, 6) is 0.397. The molecule has 1 amide bonds. The average Bonchev–Trinajstić information content (AvgIpc) is 3.52. The van der Waals surface area contributed by atoms with Crippen LogP contribution in [0.3, 0.4) is 0 Å². The number of ether oxygens (including phenoxy) is 2. The van der Waals surface area contributed by atoms with Crippen molar-refractivity contribution in [1.82, 2.24) is 14.5 Å². The SMILES string of the molecule is CCOc1ccc(N2CCC3(CC2)O[C@@H]2CC[C@@H](c4cc(F)cc(F)c4)N2C3=O)n2nccc12. The summed E-state index contributed by atoms with van der Waals surface area (Å²) in [5.41, 5.74) is 0.501. The highest BCUT2D eigenvalue weighted by Crippen LogP contribution is 2.48. The zero-order valence-corrected chi connectivity index (χ0v) is 18.9. The molecule has 1 aromatic carbocycles. The molecule has 6 rings (SSSR count). The van der Waals surface area contributed by atoms with E-state index in [1.807, 2.05) is 29.6 Å². The van der Waals surface area contributed by atoms with Gasteiger partial charge in [0.05, 0.1) is 18.8 Å². The molecule has 2 aromatic heterocycles. The molecule has 7 nitrogen and oxygen atoms in total. The van der Waals surface area contributed by atoms with Crippen molar-refractivity contribution in [2.24, 2.45) is 0 Å². The van der Waals surface area contributed by atoms with E-state index < -0.39 is 17.2 Å². The van der Waals surface area contributed by atoms with Crippen LogP contribution in [-0.2, 0) is 9.53 Å². The third-order valence-electron chi connectivity index (χ3n) is 7.28. The van der Waals surface area contributed by atoms with E-state index >= 15 is 0 Å². The minimum atomic E-state index is -0.889. The second kappa shape index (κ2) is 7.94. The first-order valence-corrected chi connectivity index (χ1v) is 11.8. The molecule has 0 aliphatic carbocycles. The number of carbonyl (C=O) groups excluding carboxylic acids is 1. The maximum Gasteiger partial charge on any atom is 0.257 e. The van der Waals surface area contributed by atoms with Gasteiger partial charge in [0.2, 0.25) is 0 Å². The molecule has 2 atom stereocenters. The van der Waals surface area contributed by atoms with Crippen molar-refractivity contribution in [3.8, 4) is 5.75 Å². The molecule has 178 valence electrons. The van der Waals surface area contributed by atoms with Gasteiger partial charge in [-0.3, -0.25) is 4.79 Å². The fraction of sp³-hybridized carbons (Fsp3) is 0.440. The molecule has 5 heterocycles. The van der Waals surface area contributed by atoms with Crippen molar-refractivity contribution >= 4 is 17.2 Å². The number of halogens is 2. The van der Waals surface area contributed by atoms with Crippen molar-refractivity contribution in [3.05, 3.63) is 59.8 Å². The topological polar surface area (TPSA) is 59.3 Å². The maximum atomic E-state index is 13.8. The van der Waals surface area contributed by atoms with E-state index in [0.717, 1.165) is 23.2 Å². The molecule has 3 saturated heterocycles. The van der Waals surface area contributed by atoms with Gasteiger partial charge in [0.1, 0.15) is 34.9 Å². The number of hydrogen-bond acceptors (Lipinski definition) is 5. The molecular weight excluding hydrogens is 442 g/mol. The summed E-state index contributed by atoms with van der Waals surface area (Å²) in [4.78, 5) is 17.5. The van der Waals surface area contributed by atoms with Crippen LogP contribution in [0.15, 0.2) is 42.6 Å². The number of fused-ring (bicyclic) bond motifs is 2. The predicted octanol–water partition coefficient (Wildman–Crippen LogP) is 4.07. The van der Waals surface area contributed by atoms with Crippen LogP contribution < -0.4 is 9.64 Å². The van der Waals surface area contributed by atoms with E-state index in [1.54, 1.807) is 11.1 Å². The van der Waals surface area contributed by atoms with Crippen LogP contribution in [0.1, 0.15) is 44.2 Å². The standard InChI is InChI=1S/C25H26F2N4O3/c1-2-33-21-4-5-22(31-20(21)7-10-28-31)29-11-8-25(9-12-29)24(32)30-19(3-6-23(30)34-25)16-13-17(26)15-18(27)14-16/h4-5,7,10,13-15,19,23H,2-3,6,8-9,11-12H2,1H3/t19-,23+/m0/s1. The Morgan fingerprint density at radius 2 is 1.88 bits per heavy atom. The Bertz CT molecular complexity index is 1230. The van der Waals surface area contributed by atoms with Crippen molar-refractivity contribution < 1.29 is 23.0 Å². The van der Waals surface area contributed by atoms with Gasteiger partial charge in [-0.25, -0.2) is 13.3 Å². The summed E-state index contributed by atoms with van der Waals surface area (Å²) in [6.45, 7) is 3.79. The molecule has 3 fully saturated rings. The number of rotatable bonds is 4. The summed E-state index contributed by atoms with van der Waals surface area (Å²) < 4.78 is 41.6. The highest BCUT2D eigenvalue weighted by molar-refractivity contribution is 5.88. The number of nitrogens with zero attached hydrogens (tertiary/aromatic N) is 4. The Morgan fingerprint density at radius 3 is 2.62 bits per heavy atom. The van der Waals surface area contributed by atoms with Crippen LogP contribution >= 0.6 is 0 Å². The van der Waals surface area contributed by atoms with E-state index in [0.29, 0.717) is 50.9 Å². The lowest BCUT2D eigenvalue weighted by molar-refractivity contribution is -0.140. The Hall–Kier alpha value is -3.20. The average molecular weight is 469 g/mol. The van der Waals surface area contributed by atoms with Crippen molar-refractivity contribution in [3.63, 3.8) is 0 Å². The molecule has 1 spiro atoms. The smallest absolute Gasteiger partial charge is 0.257 e. The van der Waals surface area contributed by atoms with Gasteiger partial charge in [-0.2, -0.15) is 5.10 Å². The number of piperidine rings is 1. The zero-order chi connectivity index (χ0) is 23.4. The maximum absolute atomic E-state index is 13.8. The van der Waals surface area contributed by atoms with Crippen molar-refractivity contribution in [2.45, 2.75) is 50.5 Å². The van der Waals surface area contributed by atoms with E-state index in [1.165, 1.54) is 12.1 Å². The molecule has 0 bridgehead atoms. The third kappa shape index (κ3) is 3.25. The Labute approximate surface area is 195 Å². The normalized spacial score (nSPS) is 23.8. The van der Waals surface area contributed by atoms with E-state index in [-0.39, 0.29) is 18.2 Å². The lowest BCUT2D eigenvalue weighted by atomic mass is 9.89. The minimum absolute atomic E-state index is 0.0692. The van der Waals surface area contributed by atoms with E-state index in [9.17, 15) is 13.6 Å². The molecular formula is C25H26F2N4O3. The molecule has 0 N–H and O–H groups in total. The number of anilines is 1. The Kier molecular flexibility index (Phi) is 4.98. The molecule has 0 saturated carbocycles. The molecule has 3 aromatic rings. The van der Waals surface area contributed by atoms with Crippen LogP contribution in [0.5, 0.6) is 5.75 Å². The highest BCUT2D eigenvalue weighted by atomic mass is 19.1. The van der Waals surface area contributed by atoms with Crippen LogP contribution in [0.25, 0.3) is 5.52 Å². The van der Waals surface area contributed by atoms with Crippen LogP contribution in [0.2, 0.25) is 0 Å². The van der Waals surface area contributed by atoms with Gasteiger partial charge in [-0.1, -0.05) is 0 Å². The fourth-order valence-electron chi connectivity index (χ4n) is 5.73. The van der Waals surface area contributed by atoms with Crippen LogP contribution in [-0.4, -0.2) is 51.9 Å². The first-order chi connectivity index (χ1) is 16.5. The van der Waals surface area contributed by atoms with E-state index in [2.05, 4.69) is 10.00 Å². The summed E-state index contributed by atoms with van der Waals surface area (Å²) in [6.07, 6.45) is 3.77. The first-order valence-electron chi connectivity index (χ1n) is 11.8. The summed E-state index contributed by atoms with van der Waals surface area (Å²) in [7, 11) is 0. The number of amides is 1. The first kappa shape index (κ1) is 21.3. The second-order valence-corrected chi connectivity index (χ2v) is 9.18. The summed E-state index contributed by atoms with van der Waals surface area (Å²) in [6, 6.07) is 9.00. The van der Waals surface area contributed by atoms with Crippen LogP contribution in [0.4, 0.5) is 14.6 Å². The van der Waals surface area contributed by atoms with Gasteiger partial charge in [0.15, 0.2) is 5.60 Å². The quantitative estimate of drug-likeness (QED) is 0.578. The number of pyridine rings is 1. The minimum Gasteiger partial charge on any atom is -0.492 e. The molecule has 0 radical (unpaired) electrons. The van der Waals surface area contributed by atoms with Crippen LogP contribution in [0, 0.1) is 11.6 Å². The molecule has 0 unspecified atom stereocenters. The number of aromatic nitrogens is 2. The Morgan fingerprint density at radius 1 is 1.12 bits per heavy atom. The monoisotopic (exact) mass is 468 g/mol. The second-order valence-electron chi connectivity index (χ2n) is 9.18. The van der Waals surface area contributed by atoms with Gasteiger partial charge < -0.3 is 19.3 Å². The number of hydrogen-bond donors (Lipinski definition) is 0. The van der Waals surface area contributed by atoms with Crippen molar-refractivity contribution in [2.75, 3.05) is 24.6 Å². The summed E-state index contributed by atoms with van der Waals surface area (Å²) in [5, 5.41) is 4.47. The largest absolute Gasteiger partial charge is 0.492 e. The van der Waals surface area contributed by atoms with Gasteiger partial charge in [0, 0.05) is 32.0 Å². The summed E-state index contributed by atoms with van der Waals surface area (Å²) >= 11 is 0. The fourth-order valence-corrected chi connectivity index (χ4v) is 5.73. The zero-order valence-electron chi connectivity index (χ0n) is 18.9. The van der Waals surface area contributed by atoms with Crippen molar-refractivity contribution in [1.29, 1.82) is 0 Å². The number of carbonyl (C=O) groups is 1. The third-order valence-corrected chi connectivity index (χ3v) is 7.28. The molecule has 34 heavy (non-hydrogen) atoms. The van der Waals surface area contributed by atoms with Gasteiger partial charge in [-0.05, 0) is 55.7 Å². The lowest BCUT2D eigenvalue weighted by Gasteiger charge is -2.38. The highest BCUT2D eigenvalue weighted by Gasteiger charge is 2.58. The van der Waals surface area contributed by atoms with E-state index in [4.69, 9.17) is 9.47 Å². The van der Waals surface area contributed by atoms with Gasteiger partial charge in [0.25, 0.3) is 5.91 Å². The van der Waals surface area contributed by atoms with Gasteiger partial charge in [-0.15, -0.1) is 0 Å². The molecule has 3 aliphatic rings. The predicted molar refractivity (Wildman–Crippen MR) is 121 cm³/mol. The molecule has 3 aliphatic heterocycles. The lowest BCUT2D eigenvalue weighted by Crippen LogP contribution is -2.50. The Balaban J connectivity index is 1.22.